The Morgan fingerprint density at radius 1 is 1.19 bits per heavy atom. The Labute approximate surface area is 124 Å². The van der Waals surface area contributed by atoms with Crippen molar-refractivity contribution < 1.29 is 14.4 Å². The Morgan fingerprint density at radius 2 is 1.86 bits per heavy atom. The van der Waals surface area contributed by atoms with Gasteiger partial charge in [0.05, 0.1) is 0 Å². The summed E-state index contributed by atoms with van der Waals surface area (Å²) in [5, 5.41) is 3.64. The summed E-state index contributed by atoms with van der Waals surface area (Å²) in [4.78, 5) is 33.9. The van der Waals surface area contributed by atoms with Gasteiger partial charge in [-0.3, -0.25) is 14.4 Å². The monoisotopic (exact) mass is 308 g/mol. The molecule has 1 aromatic carbocycles. The van der Waals surface area contributed by atoms with Gasteiger partial charge in [-0.2, -0.15) is 0 Å². The molecule has 21 heavy (non-hydrogen) atoms. The van der Waals surface area contributed by atoms with Gasteiger partial charge in [-0.1, -0.05) is 17.7 Å². The highest BCUT2D eigenvalue weighted by molar-refractivity contribution is 6.31. The van der Waals surface area contributed by atoms with E-state index in [1.165, 1.54) is 0 Å². The van der Waals surface area contributed by atoms with Crippen LogP contribution in [0.1, 0.15) is 0 Å². The first kappa shape index (κ1) is 14.9. The Bertz CT molecular complexity index is 711. The fraction of sp³-hybridized carbons (Fsp3) is 0.154. The van der Waals surface area contributed by atoms with Gasteiger partial charge in [-0.25, -0.2) is 0 Å². The molecular weight excluding hydrogens is 296 g/mol. The van der Waals surface area contributed by atoms with Crippen LogP contribution in [-0.2, 0) is 20.9 Å². The molecule has 5 N–H and O–H groups in total. The molecule has 0 bridgehead atoms. The summed E-state index contributed by atoms with van der Waals surface area (Å²) < 4.78 is 1.63. The summed E-state index contributed by atoms with van der Waals surface area (Å²) in [6.07, 6.45) is 1.70. The second-order valence-electron chi connectivity index (χ2n) is 4.45. The zero-order chi connectivity index (χ0) is 15.6. The van der Waals surface area contributed by atoms with Gasteiger partial charge in [0.15, 0.2) is 6.04 Å². The van der Waals surface area contributed by atoms with Crippen molar-refractivity contribution in [3.63, 3.8) is 0 Å². The Hall–Kier alpha value is -2.54. The van der Waals surface area contributed by atoms with E-state index in [0.29, 0.717) is 5.02 Å². The van der Waals surface area contributed by atoms with Crippen LogP contribution < -0.4 is 16.8 Å². The Kier molecular flexibility index (Phi) is 4.13. The van der Waals surface area contributed by atoms with Crippen molar-refractivity contribution >= 4 is 40.2 Å². The van der Waals surface area contributed by atoms with Crippen LogP contribution in [0, 0.1) is 0 Å². The third-order valence-electron chi connectivity index (χ3n) is 2.92. The molecule has 0 saturated carbocycles. The standard InChI is InChI=1S/C13H13ClN4O3/c14-8-2-1-7-3-4-18(9(7)5-8)6-10(19)17-11(12(15)20)13(16)21/h1-5,11H,6H2,(H2,15,20)(H2,16,21)(H,17,19). The number of nitrogens with one attached hydrogen (secondary N) is 1. The predicted molar refractivity (Wildman–Crippen MR) is 77.3 cm³/mol. The maximum atomic E-state index is 11.9. The summed E-state index contributed by atoms with van der Waals surface area (Å²) >= 11 is 5.92. The molecule has 110 valence electrons. The van der Waals surface area contributed by atoms with Crippen LogP contribution in [0.4, 0.5) is 0 Å². The van der Waals surface area contributed by atoms with Gasteiger partial charge in [0.1, 0.15) is 6.54 Å². The number of aromatic nitrogens is 1. The molecule has 3 amide bonds. The summed E-state index contributed by atoms with van der Waals surface area (Å²) in [7, 11) is 0. The van der Waals surface area contributed by atoms with Gasteiger partial charge in [0.2, 0.25) is 17.7 Å². The topological polar surface area (TPSA) is 120 Å². The highest BCUT2D eigenvalue weighted by Crippen LogP contribution is 2.20. The number of nitrogens with two attached hydrogens (primary N) is 2. The van der Waals surface area contributed by atoms with Gasteiger partial charge < -0.3 is 21.4 Å². The van der Waals surface area contributed by atoms with E-state index < -0.39 is 23.8 Å². The fourth-order valence-electron chi connectivity index (χ4n) is 1.94. The van der Waals surface area contributed by atoms with Gasteiger partial charge >= 0.3 is 0 Å². The average Bonchev–Trinajstić information content (AvgIpc) is 2.78. The number of amides is 3. The number of primary amides is 2. The first-order chi connectivity index (χ1) is 9.88. The van der Waals surface area contributed by atoms with E-state index >= 15 is 0 Å². The van der Waals surface area contributed by atoms with Gasteiger partial charge in [0.25, 0.3) is 0 Å². The second-order valence-corrected chi connectivity index (χ2v) is 4.89. The SMILES string of the molecule is NC(=O)C(NC(=O)Cn1ccc2ccc(Cl)cc21)C(N)=O. The molecule has 2 aromatic rings. The minimum atomic E-state index is -1.53. The van der Waals surface area contributed by atoms with Crippen molar-refractivity contribution in [2.45, 2.75) is 12.6 Å². The van der Waals surface area contributed by atoms with E-state index in [4.69, 9.17) is 23.1 Å². The normalized spacial score (nSPS) is 10.8. The fourth-order valence-corrected chi connectivity index (χ4v) is 2.11. The maximum Gasteiger partial charge on any atom is 0.249 e. The molecule has 0 aliphatic carbocycles. The van der Waals surface area contributed by atoms with E-state index in [2.05, 4.69) is 5.32 Å². The lowest BCUT2D eigenvalue weighted by molar-refractivity contribution is -0.134. The molecule has 1 aromatic heterocycles. The number of halogens is 1. The van der Waals surface area contributed by atoms with Crippen molar-refractivity contribution in [2.24, 2.45) is 11.5 Å². The van der Waals surface area contributed by atoms with Crippen LogP contribution in [0.15, 0.2) is 30.5 Å². The largest absolute Gasteiger partial charge is 0.367 e. The summed E-state index contributed by atoms with van der Waals surface area (Å²) in [6, 6.07) is 5.57. The van der Waals surface area contributed by atoms with Gasteiger partial charge in [0, 0.05) is 16.7 Å². The smallest absolute Gasteiger partial charge is 0.249 e. The van der Waals surface area contributed by atoms with Gasteiger partial charge in [-0.15, -0.1) is 0 Å². The maximum absolute atomic E-state index is 11.9. The highest BCUT2D eigenvalue weighted by atomic mass is 35.5. The number of benzene rings is 1. The van der Waals surface area contributed by atoms with E-state index in [0.717, 1.165) is 10.9 Å². The van der Waals surface area contributed by atoms with Crippen molar-refractivity contribution in [1.29, 1.82) is 0 Å². The Balaban J connectivity index is 2.16. The van der Waals surface area contributed by atoms with Crippen LogP contribution in [0.3, 0.4) is 0 Å². The number of nitrogens with zero attached hydrogens (tertiary/aromatic N) is 1. The molecule has 8 heteroatoms. The average molecular weight is 309 g/mol. The van der Waals surface area contributed by atoms with Crippen LogP contribution in [0.5, 0.6) is 0 Å². The summed E-state index contributed by atoms with van der Waals surface area (Å²) in [6.45, 7) is -0.0963. The van der Waals surface area contributed by atoms with E-state index in [9.17, 15) is 14.4 Å². The van der Waals surface area contributed by atoms with Crippen LogP contribution in [-0.4, -0.2) is 28.3 Å². The van der Waals surface area contributed by atoms with Crippen LogP contribution in [0.25, 0.3) is 10.9 Å². The first-order valence-electron chi connectivity index (χ1n) is 6.01. The van der Waals surface area contributed by atoms with E-state index in [-0.39, 0.29) is 6.54 Å². The lowest BCUT2D eigenvalue weighted by Gasteiger charge is -2.12. The number of carbonyl (C=O) groups excluding carboxylic acids is 3. The number of hydrogen-bond donors (Lipinski definition) is 3. The lowest BCUT2D eigenvalue weighted by Crippen LogP contribution is -2.53. The van der Waals surface area contributed by atoms with E-state index in [1.807, 2.05) is 12.1 Å². The van der Waals surface area contributed by atoms with Crippen molar-refractivity contribution in [1.82, 2.24) is 9.88 Å². The van der Waals surface area contributed by atoms with Crippen LogP contribution >= 0.6 is 11.6 Å². The number of fused-ring (bicyclic) bond motifs is 1. The molecule has 0 spiro atoms. The molecule has 0 aliphatic heterocycles. The second kappa shape index (κ2) is 5.84. The van der Waals surface area contributed by atoms with Crippen molar-refractivity contribution in [2.75, 3.05) is 0 Å². The first-order valence-corrected chi connectivity index (χ1v) is 6.38. The molecule has 7 nitrogen and oxygen atoms in total. The molecule has 1 heterocycles. The van der Waals surface area contributed by atoms with Crippen molar-refractivity contribution in [3.8, 4) is 0 Å². The quantitative estimate of drug-likeness (QED) is 0.660. The van der Waals surface area contributed by atoms with Crippen molar-refractivity contribution in [3.05, 3.63) is 35.5 Å². The summed E-state index contributed by atoms with van der Waals surface area (Å²) in [5.41, 5.74) is 10.7. The Morgan fingerprint density at radius 3 is 2.48 bits per heavy atom. The number of carbonyl (C=O) groups is 3. The molecular formula is C13H13ClN4O3. The number of rotatable bonds is 5. The third kappa shape index (κ3) is 3.32. The summed E-state index contributed by atoms with van der Waals surface area (Å²) in [5.74, 6) is -2.57. The molecule has 0 atom stereocenters. The third-order valence-corrected chi connectivity index (χ3v) is 3.16. The molecule has 0 aliphatic rings. The highest BCUT2D eigenvalue weighted by Gasteiger charge is 2.23. The lowest BCUT2D eigenvalue weighted by atomic mass is 10.2. The van der Waals surface area contributed by atoms with Crippen LogP contribution in [0.2, 0.25) is 5.02 Å². The minimum absolute atomic E-state index is 0.0963. The zero-order valence-corrected chi connectivity index (χ0v) is 11.6. The zero-order valence-electron chi connectivity index (χ0n) is 10.9. The predicted octanol–water partition coefficient (Wildman–Crippen LogP) is -0.250. The molecule has 0 unspecified atom stereocenters. The molecule has 0 saturated heterocycles. The molecule has 0 radical (unpaired) electrons. The minimum Gasteiger partial charge on any atom is -0.367 e. The molecule has 0 fully saturated rings. The van der Waals surface area contributed by atoms with E-state index in [1.54, 1.807) is 22.9 Å². The van der Waals surface area contributed by atoms with Gasteiger partial charge in [-0.05, 0) is 23.6 Å². The molecule has 2 rings (SSSR count). The number of hydrogen-bond acceptors (Lipinski definition) is 3.